The second-order valence-electron chi connectivity index (χ2n) is 9.21. The molecular weight excluding hydrogens is 422 g/mol. The third-order valence-electron chi connectivity index (χ3n) is 6.73. The summed E-state index contributed by atoms with van der Waals surface area (Å²) >= 11 is 0. The minimum Gasteiger partial charge on any atom is -0.364 e. The Hall–Kier alpha value is -3.58. The largest absolute Gasteiger partial charge is 0.364 e. The van der Waals surface area contributed by atoms with E-state index in [2.05, 4.69) is 56.7 Å². The quantitative estimate of drug-likeness (QED) is 0.445. The van der Waals surface area contributed by atoms with Crippen molar-refractivity contribution in [2.45, 2.75) is 31.7 Å². The number of nitrogens with zero attached hydrogens (tertiary/aromatic N) is 5. The lowest BCUT2D eigenvalue weighted by Gasteiger charge is -2.30. The summed E-state index contributed by atoms with van der Waals surface area (Å²) in [5.41, 5.74) is 4.39. The fourth-order valence-electron chi connectivity index (χ4n) is 4.72. The molecule has 2 aliphatic rings. The van der Waals surface area contributed by atoms with Gasteiger partial charge in [-0.2, -0.15) is 0 Å². The minimum absolute atomic E-state index is 0.142. The maximum Gasteiger partial charge on any atom is 0.162 e. The molecule has 172 valence electrons. The molecule has 2 fully saturated rings. The maximum absolute atomic E-state index is 5.15. The number of nitrogens with one attached hydrogen (secondary N) is 2. The Kier molecular flexibility index (Phi) is 5.55. The van der Waals surface area contributed by atoms with Crippen molar-refractivity contribution in [2.24, 2.45) is 0 Å². The molecule has 4 heterocycles. The van der Waals surface area contributed by atoms with Crippen molar-refractivity contribution >= 4 is 22.5 Å². The van der Waals surface area contributed by atoms with Gasteiger partial charge in [0.2, 0.25) is 0 Å². The molecule has 1 atom stereocenters. The van der Waals surface area contributed by atoms with E-state index in [1.54, 1.807) is 0 Å². The molecule has 34 heavy (non-hydrogen) atoms. The van der Waals surface area contributed by atoms with Gasteiger partial charge in [-0.05, 0) is 48.9 Å². The minimum atomic E-state index is 0.142. The predicted octanol–water partition coefficient (Wildman–Crippen LogP) is 4.55. The molecule has 7 nitrogen and oxygen atoms in total. The van der Waals surface area contributed by atoms with E-state index in [1.165, 1.54) is 29.4 Å². The first-order valence-electron chi connectivity index (χ1n) is 12.2. The molecule has 1 saturated carbocycles. The number of hydrogen-bond acceptors (Lipinski definition) is 7. The van der Waals surface area contributed by atoms with Crippen LogP contribution in [0.15, 0.2) is 61.1 Å². The Morgan fingerprint density at radius 3 is 2.65 bits per heavy atom. The van der Waals surface area contributed by atoms with E-state index in [0.29, 0.717) is 11.7 Å². The highest BCUT2D eigenvalue weighted by Crippen LogP contribution is 2.44. The molecule has 1 aromatic carbocycles. The number of fused-ring (bicyclic) bond motifs is 1. The van der Waals surface area contributed by atoms with Crippen molar-refractivity contribution in [2.75, 3.05) is 36.4 Å². The number of aromatic nitrogens is 4. The highest BCUT2D eigenvalue weighted by molar-refractivity contribution is 5.94. The van der Waals surface area contributed by atoms with E-state index < -0.39 is 0 Å². The molecule has 6 rings (SSSR count). The Morgan fingerprint density at radius 2 is 1.85 bits per heavy atom. The van der Waals surface area contributed by atoms with Crippen molar-refractivity contribution in [3.05, 3.63) is 72.2 Å². The van der Waals surface area contributed by atoms with Gasteiger partial charge in [0.15, 0.2) is 5.82 Å². The second-order valence-corrected chi connectivity index (χ2v) is 9.21. The van der Waals surface area contributed by atoms with E-state index in [9.17, 15) is 0 Å². The number of pyridine rings is 2. The number of rotatable bonds is 6. The van der Waals surface area contributed by atoms with Crippen LogP contribution >= 0.6 is 0 Å². The Bertz CT molecular complexity index is 1300. The van der Waals surface area contributed by atoms with Crippen molar-refractivity contribution in [1.29, 1.82) is 0 Å². The standard InChI is InChI=1S/C27H29N7/c1-18(19-5-3-2-4-6-19)31-24-15-21(9-10-30-24)26-32-23-17-29-16-22(20-7-8-20)25(23)27(33-26)34-13-11-28-12-14-34/h2-6,9-10,15-18,20,28H,7-8,11-14H2,1H3,(H,30,31)/t18-/m0/s1. The maximum atomic E-state index is 5.15. The van der Waals surface area contributed by atoms with Crippen molar-refractivity contribution in [1.82, 2.24) is 25.3 Å². The number of piperazine rings is 1. The Balaban J connectivity index is 1.40. The normalized spacial score (nSPS) is 17.0. The molecule has 4 aromatic rings. The molecule has 1 aliphatic carbocycles. The van der Waals surface area contributed by atoms with Gasteiger partial charge >= 0.3 is 0 Å². The topological polar surface area (TPSA) is 78.9 Å². The first kappa shape index (κ1) is 21.0. The zero-order chi connectivity index (χ0) is 22.9. The van der Waals surface area contributed by atoms with Gasteiger partial charge in [-0.25, -0.2) is 15.0 Å². The van der Waals surface area contributed by atoms with Crippen molar-refractivity contribution < 1.29 is 0 Å². The smallest absolute Gasteiger partial charge is 0.162 e. The van der Waals surface area contributed by atoms with Gasteiger partial charge in [0, 0.05) is 55.6 Å². The first-order chi connectivity index (χ1) is 16.8. The summed E-state index contributed by atoms with van der Waals surface area (Å²) in [6.45, 7) is 5.95. The molecule has 0 radical (unpaired) electrons. The van der Waals surface area contributed by atoms with Crippen LogP contribution in [0.1, 0.15) is 42.9 Å². The van der Waals surface area contributed by atoms with Crippen molar-refractivity contribution in [3.63, 3.8) is 0 Å². The third kappa shape index (κ3) is 4.19. The highest BCUT2D eigenvalue weighted by atomic mass is 15.2. The van der Waals surface area contributed by atoms with Gasteiger partial charge in [-0.3, -0.25) is 4.98 Å². The van der Waals surface area contributed by atoms with Crippen LogP contribution in [0, 0.1) is 0 Å². The lowest BCUT2D eigenvalue weighted by Crippen LogP contribution is -2.44. The summed E-state index contributed by atoms with van der Waals surface area (Å²) in [5.74, 6) is 3.15. The van der Waals surface area contributed by atoms with Crippen LogP contribution in [0.5, 0.6) is 0 Å². The zero-order valence-corrected chi connectivity index (χ0v) is 19.4. The zero-order valence-electron chi connectivity index (χ0n) is 19.4. The number of hydrogen-bond donors (Lipinski definition) is 2. The summed E-state index contributed by atoms with van der Waals surface area (Å²) in [7, 11) is 0. The molecular formula is C27H29N7. The fraction of sp³-hybridized carbons (Fsp3) is 0.333. The van der Waals surface area contributed by atoms with Crippen LogP contribution < -0.4 is 15.5 Å². The van der Waals surface area contributed by atoms with E-state index in [1.807, 2.05) is 36.8 Å². The average Bonchev–Trinajstić information content (AvgIpc) is 3.74. The Morgan fingerprint density at radius 1 is 1.03 bits per heavy atom. The van der Waals surface area contributed by atoms with Crippen LogP contribution in [-0.2, 0) is 0 Å². The van der Waals surface area contributed by atoms with Gasteiger partial charge in [-0.1, -0.05) is 30.3 Å². The van der Waals surface area contributed by atoms with Crippen LogP contribution in [0.3, 0.4) is 0 Å². The lowest BCUT2D eigenvalue weighted by atomic mass is 10.1. The number of anilines is 2. The van der Waals surface area contributed by atoms with Gasteiger partial charge in [-0.15, -0.1) is 0 Å². The average molecular weight is 452 g/mol. The first-order valence-corrected chi connectivity index (χ1v) is 12.2. The summed E-state index contributed by atoms with van der Waals surface area (Å²) < 4.78 is 0. The van der Waals surface area contributed by atoms with Gasteiger partial charge in [0.25, 0.3) is 0 Å². The van der Waals surface area contributed by atoms with E-state index in [0.717, 1.165) is 48.9 Å². The second kappa shape index (κ2) is 8.99. The van der Waals surface area contributed by atoms with Gasteiger partial charge in [0.1, 0.15) is 11.6 Å². The van der Waals surface area contributed by atoms with Crippen LogP contribution in [0.4, 0.5) is 11.6 Å². The van der Waals surface area contributed by atoms with Crippen LogP contribution in [0.25, 0.3) is 22.3 Å². The van der Waals surface area contributed by atoms with E-state index in [4.69, 9.17) is 9.97 Å². The molecule has 1 aliphatic heterocycles. The van der Waals surface area contributed by atoms with Gasteiger partial charge < -0.3 is 15.5 Å². The summed E-state index contributed by atoms with van der Waals surface area (Å²) in [6.07, 6.45) is 8.18. The lowest BCUT2D eigenvalue weighted by molar-refractivity contribution is 0.586. The molecule has 0 unspecified atom stereocenters. The molecule has 0 spiro atoms. The van der Waals surface area contributed by atoms with Crippen molar-refractivity contribution in [3.8, 4) is 11.4 Å². The van der Waals surface area contributed by atoms with Crippen LogP contribution in [0.2, 0.25) is 0 Å². The SMILES string of the molecule is C[C@H](Nc1cc(-c2nc(N3CCNCC3)c3c(C4CC4)cncc3n2)ccn1)c1ccccc1. The molecule has 7 heteroatoms. The summed E-state index contributed by atoms with van der Waals surface area (Å²) in [5, 5.41) is 8.15. The highest BCUT2D eigenvalue weighted by Gasteiger charge is 2.29. The van der Waals surface area contributed by atoms with Crippen LogP contribution in [-0.4, -0.2) is 46.1 Å². The monoisotopic (exact) mass is 451 g/mol. The molecule has 3 aromatic heterocycles. The summed E-state index contributed by atoms with van der Waals surface area (Å²) in [6, 6.07) is 14.6. The third-order valence-corrected chi connectivity index (χ3v) is 6.73. The summed E-state index contributed by atoms with van der Waals surface area (Å²) in [4.78, 5) is 21.6. The molecule has 1 saturated heterocycles. The number of benzene rings is 1. The molecule has 2 N–H and O–H groups in total. The molecule has 0 bridgehead atoms. The predicted molar refractivity (Wildman–Crippen MR) is 136 cm³/mol. The fourth-order valence-corrected chi connectivity index (χ4v) is 4.72. The Labute approximate surface area is 199 Å². The van der Waals surface area contributed by atoms with Gasteiger partial charge in [0.05, 0.1) is 11.7 Å². The molecule has 0 amide bonds. The van der Waals surface area contributed by atoms with E-state index >= 15 is 0 Å². The van der Waals surface area contributed by atoms with E-state index in [-0.39, 0.29) is 6.04 Å².